The maximum absolute atomic E-state index is 12.3. The van der Waals surface area contributed by atoms with Crippen LogP contribution < -0.4 is 14.8 Å². The molecule has 0 fully saturated rings. The van der Waals surface area contributed by atoms with Gasteiger partial charge in [0.15, 0.2) is 19.0 Å². The molecule has 0 bridgehead atoms. The first-order chi connectivity index (χ1) is 12.7. The van der Waals surface area contributed by atoms with Crippen LogP contribution in [0.4, 0.5) is 5.69 Å². The lowest BCUT2D eigenvalue weighted by Crippen LogP contribution is -2.25. The fraction of sp³-hybridized carbons (Fsp3) is 0.111. The van der Waals surface area contributed by atoms with Crippen molar-refractivity contribution in [3.8, 4) is 23.0 Å². The summed E-state index contributed by atoms with van der Waals surface area (Å²) in [6.07, 6.45) is 1.25. The second kappa shape index (κ2) is 6.67. The van der Waals surface area contributed by atoms with E-state index < -0.39 is 0 Å². The maximum Gasteiger partial charge on any atom is 0.262 e. The fourth-order valence-corrected chi connectivity index (χ4v) is 2.48. The fourth-order valence-electron chi connectivity index (χ4n) is 2.48. The highest BCUT2D eigenvalue weighted by atomic mass is 16.5. The standard InChI is InChI=1S/C18H13N3O5/c22-15(12-3-6-16-14(7-12)20-17(23)9-25-16)8-24-13-4-1-11(2-5-13)18-21-19-10-26-18/h1-7,10H,8-9H2,(H,20,23). The van der Waals surface area contributed by atoms with Gasteiger partial charge in [-0.2, -0.15) is 0 Å². The number of hydrogen-bond acceptors (Lipinski definition) is 7. The number of hydrogen-bond donors (Lipinski definition) is 1. The molecule has 26 heavy (non-hydrogen) atoms. The first-order valence-corrected chi connectivity index (χ1v) is 7.78. The molecule has 0 saturated carbocycles. The number of fused-ring (bicyclic) bond motifs is 1. The van der Waals surface area contributed by atoms with Crippen LogP contribution in [0.5, 0.6) is 11.5 Å². The minimum absolute atomic E-state index is 0.0248. The highest BCUT2D eigenvalue weighted by Gasteiger charge is 2.18. The van der Waals surface area contributed by atoms with Gasteiger partial charge in [0.1, 0.15) is 11.5 Å². The van der Waals surface area contributed by atoms with E-state index in [0.29, 0.717) is 28.6 Å². The second-order valence-electron chi connectivity index (χ2n) is 5.53. The van der Waals surface area contributed by atoms with Gasteiger partial charge in [0.25, 0.3) is 5.91 Å². The van der Waals surface area contributed by atoms with Gasteiger partial charge < -0.3 is 19.2 Å². The smallest absolute Gasteiger partial charge is 0.262 e. The molecule has 1 aliphatic heterocycles. The molecule has 2 heterocycles. The zero-order valence-corrected chi connectivity index (χ0v) is 13.5. The minimum atomic E-state index is -0.250. The number of nitrogens with one attached hydrogen (secondary N) is 1. The van der Waals surface area contributed by atoms with Crippen LogP contribution in [0.15, 0.2) is 53.3 Å². The van der Waals surface area contributed by atoms with E-state index in [1.807, 2.05) is 0 Å². The molecule has 8 heteroatoms. The van der Waals surface area contributed by atoms with Crippen molar-refractivity contribution in [3.05, 3.63) is 54.4 Å². The molecule has 1 N–H and O–H groups in total. The number of carbonyl (C=O) groups excluding carboxylic acids is 2. The third kappa shape index (κ3) is 3.25. The Bertz CT molecular complexity index is 951. The van der Waals surface area contributed by atoms with Crippen LogP contribution in [0, 0.1) is 0 Å². The number of ether oxygens (including phenoxy) is 2. The maximum atomic E-state index is 12.3. The number of amides is 1. The van der Waals surface area contributed by atoms with Crippen LogP contribution in [0.2, 0.25) is 0 Å². The van der Waals surface area contributed by atoms with E-state index in [1.165, 1.54) is 6.39 Å². The summed E-state index contributed by atoms with van der Waals surface area (Å²) in [5.41, 5.74) is 1.67. The molecule has 0 spiro atoms. The number of ketones is 1. The molecule has 0 atom stereocenters. The van der Waals surface area contributed by atoms with Crippen LogP contribution >= 0.6 is 0 Å². The van der Waals surface area contributed by atoms with Gasteiger partial charge in [-0.1, -0.05) is 0 Å². The van der Waals surface area contributed by atoms with E-state index in [-0.39, 0.29) is 24.9 Å². The van der Waals surface area contributed by atoms with Gasteiger partial charge in [0, 0.05) is 11.1 Å². The summed E-state index contributed by atoms with van der Waals surface area (Å²) in [4.78, 5) is 23.7. The van der Waals surface area contributed by atoms with Gasteiger partial charge in [0.05, 0.1) is 5.69 Å². The van der Waals surface area contributed by atoms with E-state index in [1.54, 1.807) is 42.5 Å². The van der Waals surface area contributed by atoms with Crippen molar-refractivity contribution in [1.82, 2.24) is 10.2 Å². The van der Waals surface area contributed by atoms with Crippen molar-refractivity contribution in [1.29, 1.82) is 0 Å². The van der Waals surface area contributed by atoms with Crippen molar-refractivity contribution in [2.24, 2.45) is 0 Å². The zero-order valence-electron chi connectivity index (χ0n) is 13.5. The number of rotatable bonds is 5. The Morgan fingerprint density at radius 2 is 2.04 bits per heavy atom. The lowest BCUT2D eigenvalue weighted by atomic mass is 10.1. The number of anilines is 1. The Hall–Kier alpha value is -3.68. The Morgan fingerprint density at radius 3 is 2.81 bits per heavy atom. The highest BCUT2D eigenvalue weighted by Crippen LogP contribution is 2.28. The monoisotopic (exact) mass is 351 g/mol. The van der Waals surface area contributed by atoms with Gasteiger partial charge in [-0.05, 0) is 42.5 Å². The number of benzene rings is 2. The first-order valence-electron chi connectivity index (χ1n) is 7.78. The number of Topliss-reactive ketones (excluding diaryl/α,β-unsaturated/α-hetero) is 1. The van der Waals surface area contributed by atoms with Crippen molar-refractivity contribution in [2.75, 3.05) is 18.5 Å². The minimum Gasteiger partial charge on any atom is -0.485 e. The molecule has 0 radical (unpaired) electrons. The molecule has 3 aromatic rings. The third-order valence-corrected chi connectivity index (χ3v) is 3.77. The van der Waals surface area contributed by atoms with E-state index >= 15 is 0 Å². The lowest BCUT2D eigenvalue weighted by Gasteiger charge is -2.18. The van der Waals surface area contributed by atoms with Gasteiger partial charge in [-0.25, -0.2) is 0 Å². The van der Waals surface area contributed by atoms with Gasteiger partial charge >= 0.3 is 0 Å². The van der Waals surface area contributed by atoms with Crippen LogP contribution in [-0.4, -0.2) is 35.1 Å². The summed E-state index contributed by atoms with van der Waals surface area (Å²) < 4.78 is 15.9. The summed E-state index contributed by atoms with van der Waals surface area (Å²) in [5.74, 6) is 1.02. The molecule has 0 aliphatic carbocycles. The van der Waals surface area contributed by atoms with Crippen LogP contribution in [0.1, 0.15) is 10.4 Å². The average Bonchev–Trinajstić information content (AvgIpc) is 3.20. The predicted molar refractivity (Wildman–Crippen MR) is 90.1 cm³/mol. The Kier molecular flexibility index (Phi) is 4.06. The Labute approximate surface area is 147 Å². The van der Waals surface area contributed by atoms with E-state index in [2.05, 4.69) is 15.5 Å². The summed E-state index contributed by atoms with van der Waals surface area (Å²) in [7, 11) is 0. The molecule has 1 amide bonds. The van der Waals surface area contributed by atoms with Gasteiger partial charge in [-0.3, -0.25) is 9.59 Å². The number of aromatic nitrogens is 2. The lowest BCUT2D eigenvalue weighted by molar-refractivity contribution is -0.118. The molecule has 8 nitrogen and oxygen atoms in total. The molecule has 0 saturated heterocycles. The molecule has 2 aromatic carbocycles. The average molecular weight is 351 g/mol. The van der Waals surface area contributed by atoms with Crippen LogP contribution in [-0.2, 0) is 4.79 Å². The molecule has 0 unspecified atom stereocenters. The first kappa shape index (κ1) is 15.8. The predicted octanol–water partition coefficient (Wildman–Crippen LogP) is 2.33. The molecule has 130 valence electrons. The summed E-state index contributed by atoms with van der Waals surface area (Å²) in [6.45, 7) is -0.156. The van der Waals surface area contributed by atoms with E-state index in [4.69, 9.17) is 13.9 Å². The molecule has 4 rings (SSSR count). The summed E-state index contributed by atoms with van der Waals surface area (Å²) in [6, 6.07) is 11.8. The largest absolute Gasteiger partial charge is 0.485 e. The Morgan fingerprint density at radius 1 is 1.19 bits per heavy atom. The topological polar surface area (TPSA) is 104 Å². The van der Waals surface area contributed by atoms with Crippen molar-refractivity contribution in [3.63, 3.8) is 0 Å². The quantitative estimate of drug-likeness (QED) is 0.704. The van der Waals surface area contributed by atoms with E-state index in [9.17, 15) is 9.59 Å². The van der Waals surface area contributed by atoms with Gasteiger partial charge in [-0.15, -0.1) is 10.2 Å². The Balaban J connectivity index is 1.41. The van der Waals surface area contributed by atoms with Gasteiger partial charge in [0.2, 0.25) is 12.3 Å². The van der Waals surface area contributed by atoms with Crippen molar-refractivity contribution in [2.45, 2.75) is 0 Å². The van der Waals surface area contributed by atoms with E-state index in [0.717, 1.165) is 5.56 Å². The summed E-state index contributed by atoms with van der Waals surface area (Å²) >= 11 is 0. The number of carbonyl (C=O) groups is 2. The number of nitrogens with zero attached hydrogens (tertiary/aromatic N) is 2. The summed E-state index contributed by atoms with van der Waals surface area (Å²) in [5, 5.41) is 10.1. The molecular formula is C18H13N3O5. The van der Waals surface area contributed by atoms with Crippen molar-refractivity contribution < 1.29 is 23.5 Å². The molecule has 1 aliphatic rings. The van der Waals surface area contributed by atoms with Crippen LogP contribution in [0.25, 0.3) is 11.5 Å². The molecule has 1 aromatic heterocycles. The molecular weight excluding hydrogens is 338 g/mol. The van der Waals surface area contributed by atoms with Crippen LogP contribution in [0.3, 0.4) is 0 Å². The highest BCUT2D eigenvalue weighted by molar-refractivity contribution is 6.01. The zero-order chi connectivity index (χ0) is 17.9. The normalized spacial score (nSPS) is 12.7. The second-order valence-corrected chi connectivity index (χ2v) is 5.53. The third-order valence-electron chi connectivity index (χ3n) is 3.77. The van der Waals surface area contributed by atoms with Crippen molar-refractivity contribution >= 4 is 17.4 Å². The SMILES string of the molecule is O=C1COc2ccc(C(=O)COc3ccc(-c4nnco4)cc3)cc2N1.